The number of hydrogen-bond acceptors (Lipinski definition) is 4. The van der Waals surface area contributed by atoms with Crippen molar-refractivity contribution in [2.75, 3.05) is 33.5 Å². The number of ether oxygens (including phenoxy) is 3. The van der Waals surface area contributed by atoms with Gasteiger partial charge in [-0.25, -0.2) is 0 Å². The molecular formula is C14H19F2NO4. The van der Waals surface area contributed by atoms with Crippen molar-refractivity contribution in [1.82, 2.24) is 5.32 Å². The third-order valence-electron chi connectivity index (χ3n) is 2.55. The number of nitrogens with one attached hydrogen (secondary N) is 1. The summed E-state index contributed by atoms with van der Waals surface area (Å²) >= 11 is 0. The molecule has 1 rings (SSSR count). The monoisotopic (exact) mass is 303 g/mol. The van der Waals surface area contributed by atoms with Crippen LogP contribution in [0.4, 0.5) is 8.78 Å². The zero-order chi connectivity index (χ0) is 15.5. The first-order valence-corrected chi connectivity index (χ1v) is 6.49. The van der Waals surface area contributed by atoms with Crippen molar-refractivity contribution >= 4 is 5.91 Å². The zero-order valence-electron chi connectivity index (χ0n) is 11.8. The molecule has 0 heterocycles. The summed E-state index contributed by atoms with van der Waals surface area (Å²) in [6.07, 6.45) is 0.596. The zero-order valence-corrected chi connectivity index (χ0v) is 11.8. The molecule has 1 aromatic rings. The van der Waals surface area contributed by atoms with E-state index in [0.29, 0.717) is 26.2 Å². The number of methoxy groups -OCH3 is 1. The first kappa shape index (κ1) is 17.3. The number of carbonyl (C=O) groups is 1. The minimum absolute atomic E-state index is 0.00940. The average molecular weight is 303 g/mol. The molecule has 1 amide bonds. The number of amides is 1. The summed E-state index contributed by atoms with van der Waals surface area (Å²) in [6.45, 7) is -1.57. The molecule has 1 aromatic carbocycles. The fourth-order valence-electron chi connectivity index (χ4n) is 1.54. The van der Waals surface area contributed by atoms with Gasteiger partial charge in [0.05, 0.1) is 13.2 Å². The predicted octanol–water partition coefficient (Wildman–Crippen LogP) is 1.61. The van der Waals surface area contributed by atoms with Crippen LogP contribution in [-0.4, -0.2) is 46.0 Å². The Morgan fingerprint density at radius 2 is 1.95 bits per heavy atom. The Bertz CT molecular complexity index is 412. The van der Waals surface area contributed by atoms with Crippen LogP contribution in [-0.2, 0) is 20.7 Å². The Morgan fingerprint density at radius 1 is 1.24 bits per heavy atom. The molecular weight excluding hydrogens is 284 g/mol. The van der Waals surface area contributed by atoms with Gasteiger partial charge in [-0.1, -0.05) is 12.1 Å². The molecule has 0 spiro atoms. The highest BCUT2D eigenvalue weighted by Crippen LogP contribution is 2.14. The van der Waals surface area contributed by atoms with Crippen LogP contribution in [0.25, 0.3) is 0 Å². The second kappa shape index (κ2) is 10.1. The van der Waals surface area contributed by atoms with E-state index in [1.807, 2.05) is 0 Å². The first-order chi connectivity index (χ1) is 10.1. The van der Waals surface area contributed by atoms with Crippen LogP contribution in [0.3, 0.4) is 0 Å². The summed E-state index contributed by atoms with van der Waals surface area (Å²) < 4.78 is 38.0. The first-order valence-electron chi connectivity index (χ1n) is 6.49. The predicted molar refractivity (Wildman–Crippen MR) is 72.5 cm³/mol. The molecule has 21 heavy (non-hydrogen) atoms. The topological polar surface area (TPSA) is 56.8 Å². The number of rotatable bonds is 10. The van der Waals surface area contributed by atoms with Gasteiger partial charge < -0.3 is 19.5 Å². The van der Waals surface area contributed by atoms with Crippen molar-refractivity contribution in [3.8, 4) is 5.75 Å². The molecule has 0 aromatic heterocycles. The minimum atomic E-state index is -2.83. The molecule has 5 nitrogen and oxygen atoms in total. The smallest absolute Gasteiger partial charge is 0.387 e. The lowest BCUT2D eigenvalue weighted by Crippen LogP contribution is -2.29. The van der Waals surface area contributed by atoms with Gasteiger partial charge in [0.15, 0.2) is 0 Å². The second-order valence-corrected chi connectivity index (χ2v) is 4.17. The molecule has 1 N–H and O–H groups in total. The lowest BCUT2D eigenvalue weighted by atomic mass is 10.1. The maximum atomic E-state index is 12.0. The normalized spacial score (nSPS) is 10.7. The van der Waals surface area contributed by atoms with E-state index in [0.717, 1.165) is 5.56 Å². The average Bonchev–Trinajstić information content (AvgIpc) is 2.45. The summed E-state index contributed by atoms with van der Waals surface area (Å²) in [7, 11) is 1.56. The van der Waals surface area contributed by atoms with Gasteiger partial charge >= 0.3 is 6.61 Å². The molecule has 0 fully saturated rings. The van der Waals surface area contributed by atoms with E-state index in [2.05, 4.69) is 10.1 Å². The molecule has 0 aliphatic carbocycles. The molecule has 0 saturated carbocycles. The molecule has 0 unspecified atom stereocenters. The number of benzene rings is 1. The summed E-state index contributed by atoms with van der Waals surface area (Å²) in [4.78, 5) is 11.4. The van der Waals surface area contributed by atoms with Crippen LogP contribution in [0, 0.1) is 0 Å². The highest BCUT2D eigenvalue weighted by atomic mass is 19.3. The molecule has 0 radical (unpaired) electrons. The van der Waals surface area contributed by atoms with E-state index in [1.165, 1.54) is 12.1 Å². The van der Waals surface area contributed by atoms with Crippen LogP contribution in [0.5, 0.6) is 5.75 Å². The maximum absolute atomic E-state index is 12.0. The quantitative estimate of drug-likeness (QED) is 0.667. The van der Waals surface area contributed by atoms with Gasteiger partial charge in [0, 0.05) is 13.7 Å². The Labute approximate surface area is 122 Å². The van der Waals surface area contributed by atoms with Gasteiger partial charge in [-0.15, -0.1) is 0 Å². The van der Waals surface area contributed by atoms with Crippen LogP contribution >= 0.6 is 0 Å². The van der Waals surface area contributed by atoms with Crippen molar-refractivity contribution in [2.24, 2.45) is 0 Å². The van der Waals surface area contributed by atoms with Crippen molar-refractivity contribution in [3.63, 3.8) is 0 Å². The van der Waals surface area contributed by atoms with Crippen molar-refractivity contribution in [1.29, 1.82) is 0 Å². The third kappa shape index (κ3) is 8.21. The number of hydrogen-bond donors (Lipinski definition) is 1. The molecule has 7 heteroatoms. The number of halogens is 2. The molecule has 0 aliphatic rings. The summed E-state index contributed by atoms with van der Waals surface area (Å²) in [5.74, 6) is -0.0897. The minimum Gasteiger partial charge on any atom is -0.435 e. The molecule has 0 aliphatic heterocycles. The second-order valence-electron chi connectivity index (χ2n) is 4.17. The number of alkyl halides is 2. The van der Waals surface area contributed by atoms with Gasteiger partial charge in [-0.3, -0.25) is 4.79 Å². The van der Waals surface area contributed by atoms with Gasteiger partial charge in [0.2, 0.25) is 5.91 Å². The molecule has 0 saturated heterocycles. The Kier molecular flexibility index (Phi) is 8.30. The summed E-state index contributed by atoms with van der Waals surface area (Å²) in [6, 6.07) is 6.30. The van der Waals surface area contributed by atoms with E-state index in [-0.39, 0.29) is 18.3 Å². The van der Waals surface area contributed by atoms with Crippen LogP contribution < -0.4 is 10.1 Å². The van der Waals surface area contributed by atoms with Crippen molar-refractivity contribution in [2.45, 2.75) is 13.0 Å². The Hall–Kier alpha value is -1.73. The SMILES string of the molecule is COCCOCC(=O)NCCc1ccc(OC(F)F)cc1. The van der Waals surface area contributed by atoms with E-state index in [9.17, 15) is 13.6 Å². The van der Waals surface area contributed by atoms with E-state index < -0.39 is 6.61 Å². The fourth-order valence-corrected chi connectivity index (χ4v) is 1.54. The molecule has 0 atom stereocenters. The van der Waals surface area contributed by atoms with E-state index in [1.54, 1.807) is 19.2 Å². The maximum Gasteiger partial charge on any atom is 0.387 e. The molecule has 118 valence electrons. The van der Waals surface area contributed by atoms with Crippen LogP contribution in [0.1, 0.15) is 5.56 Å². The Morgan fingerprint density at radius 3 is 2.57 bits per heavy atom. The van der Waals surface area contributed by atoms with Crippen molar-refractivity contribution < 1.29 is 27.8 Å². The van der Waals surface area contributed by atoms with Crippen LogP contribution in [0.2, 0.25) is 0 Å². The highest BCUT2D eigenvalue weighted by Gasteiger charge is 2.04. The summed E-state index contributed by atoms with van der Waals surface area (Å²) in [5.41, 5.74) is 0.914. The molecule has 0 bridgehead atoms. The number of carbonyl (C=O) groups excluding carboxylic acids is 1. The highest BCUT2D eigenvalue weighted by molar-refractivity contribution is 5.77. The largest absolute Gasteiger partial charge is 0.435 e. The Balaban J connectivity index is 2.18. The summed E-state index contributed by atoms with van der Waals surface area (Å²) in [5, 5.41) is 2.70. The lowest BCUT2D eigenvalue weighted by molar-refractivity contribution is -0.126. The van der Waals surface area contributed by atoms with Gasteiger partial charge in [-0.2, -0.15) is 8.78 Å². The van der Waals surface area contributed by atoms with Crippen LogP contribution in [0.15, 0.2) is 24.3 Å². The fraction of sp³-hybridized carbons (Fsp3) is 0.500. The van der Waals surface area contributed by atoms with Gasteiger partial charge in [0.1, 0.15) is 12.4 Å². The lowest BCUT2D eigenvalue weighted by Gasteiger charge is -2.07. The van der Waals surface area contributed by atoms with Gasteiger partial charge in [-0.05, 0) is 24.1 Å². The van der Waals surface area contributed by atoms with E-state index in [4.69, 9.17) is 9.47 Å². The van der Waals surface area contributed by atoms with Crippen molar-refractivity contribution in [3.05, 3.63) is 29.8 Å². The van der Waals surface area contributed by atoms with E-state index >= 15 is 0 Å². The van der Waals surface area contributed by atoms with Gasteiger partial charge in [0.25, 0.3) is 0 Å². The third-order valence-corrected chi connectivity index (χ3v) is 2.55. The standard InChI is InChI=1S/C14H19F2NO4/c1-19-8-9-20-10-13(18)17-7-6-11-2-4-12(5-3-11)21-14(15)16/h2-5,14H,6-10H2,1H3,(H,17,18).